The van der Waals surface area contributed by atoms with Gasteiger partial charge in [-0.2, -0.15) is 5.26 Å². The molecule has 0 bridgehead atoms. The second kappa shape index (κ2) is 4.19. The topological polar surface area (TPSA) is 61.1 Å². The molecule has 70 valence electrons. The van der Waals surface area contributed by atoms with Crippen molar-refractivity contribution in [2.24, 2.45) is 0 Å². The Labute approximate surface area is 79.7 Å². The van der Waals surface area contributed by atoms with Gasteiger partial charge in [0.05, 0.1) is 11.6 Å². The number of phenolic OH excluding ortho intramolecular Hbond substituents is 1. The predicted octanol–water partition coefficient (Wildman–Crippen LogP) is 1.88. The summed E-state index contributed by atoms with van der Waals surface area (Å²) in [7, 11) is 0. The van der Waals surface area contributed by atoms with Gasteiger partial charge in [0.25, 0.3) is 0 Å². The average molecular weight is 191 g/mol. The first-order valence-corrected chi connectivity index (χ1v) is 3.73. The molecule has 0 amide bonds. The fourth-order valence-corrected chi connectivity index (χ4v) is 0.962. The van der Waals surface area contributed by atoms with E-state index in [0.29, 0.717) is 11.8 Å². The molecule has 0 radical (unpaired) electrons. The molecule has 3 nitrogen and oxygen atoms in total. The Hall–Kier alpha value is -2.15. The molecule has 0 fully saturated rings. The van der Waals surface area contributed by atoms with Crippen molar-refractivity contribution in [3.63, 3.8) is 0 Å². The van der Waals surface area contributed by atoms with Crippen molar-refractivity contribution in [2.75, 3.05) is 0 Å². The van der Waals surface area contributed by atoms with Crippen molar-refractivity contribution in [3.05, 3.63) is 35.2 Å². The monoisotopic (exact) mass is 191 g/mol. The molecule has 0 atom stereocenters. The summed E-state index contributed by atoms with van der Waals surface area (Å²) in [5.74, 6) is -1.55. The van der Waals surface area contributed by atoms with E-state index in [1.54, 1.807) is 6.07 Å². The van der Waals surface area contributed by atoms with Crippen LogP contribution in [0.25, 0.3) is 6.08 Å². The van der Waals surface area contributed by atoms with Gasteiger partial charge in [-0.25, -0.2) is 4.39 Å². The van der Waals surface area contributed by atoms with Gasteiger partial charge in [0.1, 0.15) is 0 Å². The number of nitriles is 1. The standard InChI is InChI=1S/C10H6FNO2/c11-9-5-7(2-1-3-12)4-8(6-13)10(9)14/h1-2,4-6,14H. The summed E-state index contributed by atoms with van der Waals surface area (Å²) in [5.41, 5.74) is 0.214. The highest BCUT2D eigenvalue weighted by atomic mass is 19.1. The zero-order chi connectivity index (χ0) is 10.6. The lowest BCUT2D eigenvalue weighted by Crippen LogP contribution is -1.87. The molecule has 1 aromatic rings. The quantitative estimate of drug-likeness (QED) is 0.573. The van der Waals surface area contributed by atoms with Gasteiger partial charge >= 0.3 is 0 Å². The number of rotatable bonds is 2. The van der Waals surface area contributed by atoms with E-state index in [9.17, 15) is 9.18 Å². The van der Waals surface area contributed by atoms with Crippen molar-refractivity contribution in [3.8, 4) is 11.8 Å². The Bertz CT molecular complexity index is 432. The van der Waals surface area contributed by atoms with Crippen molar-refractivity contribution >= 4 is 12.4 Å². The van der Waals surface area contributed by atoms with E-state index in [2.05, 4.69) is 0 Å². The summed E-state index contributed by atoms with van der Waals surface area (Å²) in [5, 5.41) is 17.3. The number of aromatic hydroxyl groups is 1. The molecule has 4 heteroatoms. The van der Waals surface area contributed by atoms with Crippen molar-refractivity contribution in [1.82, 2.24) is 0 Å². The van der Waals surface area contributed by atoms with E-state index in [1.807, 2.05) is 0 Å². The van der Waals surface area contributed by atoms with Gasteiger partial charge in [-0.05, 0) is 23.8 Å². The molecule has 0 aromatic heterocycles. The van der Waals surface area contributed by atoms with E-state index in [0.717, 1.165) is 12.1 Å². The maximum absolute atomic E-state index is 12.9. The number of hydrogen-bond donors (Lipinski definition) is 1. The van der Waals surface area contributed by atoms with Crippen LogP contribution in [0.3, 0.4) is 0 Å². The Kier molecular flexibility index (Phi) is 2.97. The van der Waals surface area contributed by atoms with Crippen molar-refractivity contribution in [2.45, 2.75) is 0 Å². The third kappa shape index (κ3) is 1.96. The summed E-state index contributed by atoms with van der Waals surface area (Å²) in [6.07, 6.45) is 2.85. The lowest BCUT2D eigenvalue weighted by Gasteiger charge is -2.00. The molecule has 0 saturated heterocycles. The van der Waals surface area contributed by atoms with Gasteiger partial charge in [-0.1, -0.05) is 0 Å². The number of carbonyl (C=O) groups excluding carboxylic acids is 1. The van der Waals surface area contributed by atoms with E-state index in [4.69, 9.17) is 10.4 Å². The van der Waals surface area contributed by atoms with E-state index in [-0.39, 0.29) is 5.56 Å². The Balaban J connectivity index is 3.24. The van der Waals surface area contributed by atoms with Crippen LogP contribution in [0.4, 0.5) is 4.39 Å². The Morgan fingerprint density at radius 2 is 2.21 bits per heavy atom. The Morgan fingerprint density at radius 3 is 2.79 bits per heavy atom. The van der Waals surface area contributed by atoms with Crippen LogP contribution < -0.4 is 0 Å². The summed E-state index contributed by atoms with van der Waals surface area (Å²) < 4.78 is 12.9. The number of nitrogens with zero attached hydrogens (tertiary/aromatic N) is 1. The first kappa shape index (κ1) is 9.93. The molecule has 0 spiro atoms. The molecule has 0 unspecified atom stereocenters. The van der Waals surface area contributed by atoms with Gasteiger partial charge in [0.15, 0.2) is 17.9 Å². The normalized spacial score (nSPS) is 10.0. The van der Waals surface area contributed by atoms with Crippen LogP contribution in [0.15, 0.2) is 18.2 Å². The molecular weight excluding hydrogens is 185 g/mol. The maximum atomic E-state index is 12.9. The second-order valence-electron chi connectivity index (χ2n) is 2.52. The fourth-order valence-electron chi connectivity index (χ4n) is 0.962. The van der Waals surface area contributed by atoms with Crippen LogP contribution >= 0.6 is 0 Å². The lowest BCUT2D eigenvalue weighted by atomic mass is 10.1. The minimum absolute atomic E-state index is 0.136. The number of hydrogen-bond acceptors (Lipinski definition) is 3. The summed E-state index contributed by atoms with van der Waals surface area (Å²) >= 11 is 0. The number of benzene rings is 1. The zero-order valence-electron chi connectivity index (χ0n) is 7.07. The van der Waals surface area contributed by atoms with E-state index >= 15 is 0 Å². The highest BCUT2D eigenvalue weighted by molar-refractivity contribution is 5.80. The van der Waals surface area contributed by atoms with Crippen molar-refractivity contribution in [1.29, 1.82) is 5.26 Å². The molecular formula is C10H6FNO2. The molecule has 14 heavy (non-hydrogen) atoms. The first-order valence-electron chi connectivity index (χ1n) is 3.73. The lowest BCUT2D eigenvalue weighted by molar-refractivity contribution is 0.112. The van der Waals surface area contributed by atoms with Crippen molar-refractivity contribution < 1.29 is 14.3 Å². The average Bonchev–Trinajstić information content (AvgIpc) is 2.19. The summed E-state index contributed by atoms with van der Waals surface area (Å²) in [6, 6.07) is 4.06. The van der Waals surface area contributed by atoms with Gasteiger partial charge in [-0.15, -0.1) is 0 Å². The molecule has 0 aliphatic heterocycles. The smallest absolute Gasteiger partial charge is 0.166 e. The number of aldehydes is 1. The zero-order valence-corrected chi connectivity index (χ0v) is 7.07. The van der Waals surface area contributed by atoms with Crippen LogP contribution in [0.5, 0.6) is 5.75 Å². The number of allylic oxidation sites excluding steroid dienone is 1. The van der Waals surface area contributed by atoms with Crippen LogP contribution in [-0.4, -0.2) is 11.4 Å². The molecule has 0 saturated carbocycles. The maximum Gasteiger partial charge on any atom is 0.166 e. The van der Waals surface area contributed by atoms with Crippen LogP contribution in [0, 0.1) is 17.1 Å². The molecule has 1 N–H and O–H groups in total. The van der Waals surface area contributed by atoms with Gasteiger partial charge in [0, 0.05) is 6.08 Å². The van der Waals surface area contributed by atoms with Crippen LogP contribution in [-0.2, 0) is 0 Å². The minimum Gasteiger partial charge on any atom is -0.504 e. The van der Waals surface area contributed by atoms with Gasteiger partial charge in [0.2, 0.25) is 0 Å². The third-order valence-electron chi connectivity index (χ3n) is 1.59. The summed E-state index contributed by atoms with van der Waals surface area (Å²) in [4.78, 5) is 10.4. The molecule has 1 rings (SSSR count). The largest absolute Gasteiger partial charge is 0.504 e. The number of halogens is 1. The first-order chi connectivity index (χ1) is 6.69. The Morgan fingerprint density at radius 1 is 1.50 bits per heavy atom. The highest BCUT2D eigenvalue weighted by Gasteiger charge is 2.07. The molecule has 0 heterocycles. The number of phenols is 1. The highest BCUT2D eigenvalue weighted by Crippen LogP contribution is 2.22. The summed E-state index contributed by atoms with van der Waals surface area (Å²) in [6.45, 7) is 0. The predicted molar refractivity (Wildman–Crippen MR) is 48.1 cm³/mol. The van der Waals surface area contributed by atoms with E-state index < -0.39 is 11.6 Å². The molecule has 0 aliphatic rings. The van der Waals surface area contributed by atoms with Gasteiger partial charge in [-0.3, -0.25) is 4.79 Å². The minimum atomic E-state index is -0.882. The van der Waals surface area contributed by atoms with Gasteiger partial charge < -0.3 is 5.11 Å². The third-order valence-corrected chi connectivity index (χ3v) is 1.59. The second-order valence-corrected chi connectivity index (χ2v) is 2.52. The molecule has 1 aromatic carbocycles. The van der Waals surface area contributed by atoms with Crippen LogP contribution in [0.1, 0.15) is 15.9 Å². The SMILES string of the molecule is N#CC=Cc1cc(F)c(O)c(C=O)c1. The fraction of sp³-hybridized carbons (Fsp3) is 0. The number of carbonyl (C=O) groups is 1. The van der Waals surface area contributed by atoms with Crippen LogP contribution in [0.2, 0.25) is 0 Å². The molecule has 0 aliphatic carbocycles. The van der Waals surface area contributed by atoms with E-state index in [1.165, 1.54) is 12.1 Å².